The maximum absolute atomic E-state index is 13.2. The average molecular weight is 1960 g/mol. The van der Waals surface area contributed by atoms with E-state index in [4.69, 9.17) is 57.0 Å². The molecule has 2 saturated heterocycles. The second-order valence-electron chi connectivity index (χ2n) is 24.9. The Labute approximate surface area is 694 Å². The molecule has 0 spiro atoms. The number of nitrogen functional groups attached to an aromatic ring is 2. The van der Waals surface area contributed by atoms with Crippen LogP contribution in [0.5, 0.6) is 34.5 Å². The number of benzene rings is 7. The second kappa shape index (κ2) is 36.4. The standard InChI is InChI=1S/C25H21N5O5.C15H13N3O4.C10H10IN3O.C10H8INO2.C9H8IN3O.C9H9IO2/c1-34-17-4-2-14-11-30(22(31)18(14)9-17)12-25(23(32)28-24(33)29-25)21-7-15-6-13(3-5-20(15)35-21)19-8-16(26)10-27-19;1-3-15(13(20)16-14(21)17-15)8-18-7-9-4-5-10(22-2)6-11(9)12(18)19;1-15-9-3-2-6(4-7(9)11)8-5-10(12)14-13-8;1-14-10-3-2-7(6-8(10)11)9(13)4-5-12;10-6-3-5(1-2-8(6)14)7-4-9(11)13-12-7;1-6(11)7-3-4-9(12-2)8(10)5-7/h2-9H,10-12,26H2,1H3,(H2,28,29,32,33);1,4-6H,7-8H2,2H3,(H2,16,17,20,21);2-5H,1H3,(H3,12,13,14);2-3,6H,4H2,1H3;1-4,14H,(H3,11,12,13);3-5H,1-2H3/t25-;15-;;;;/m01..../s1. The lowest BCUT2D eigenvalue weighted by atomic mass is 9.95. The number of ketones is 2. The number of imide groups is 2. The van der Waals surface area contributed by atoms with E-state index >= 15 is 0 Å². The fourth-order valence-corrected chi connectivity index (χ4v) is 14.5. The molecule has 30 nitrogen and oxygen atoms in total. The van der Waals surface area contributed by atoms with Crippen molar-refractivity contribution in [1.29, 1.82) is 5.26 Å². The summed E-state index contributed by atoms with van der Waals surface area (Å²) >= 11 is 8.53. The van der Waals surface area contributed by atoms with Crippen LogP contribution in [0.4, 0.5) is 21.2 Å². The van der Waals surface area contributed by atoms with E-state index in [0.717, 1.165) is 87.4 Å². The molecule has 112 heavy (non-hydrogen) atoms. The van der Waals surface area contributed by atoms with E-state index in [-0.39, 0.29) is 54.4 Å². The van der Waals surface area contributed by atoms with Crippen LogP contribution in [0.15, 0.2) is 167 Å². The molecule has 3 aromatic heterocycles. The van der Waals surface area contributed by atoms with Crippen LogP contribution in [0.1, 0.15) is 77.2 Å². The van der Waals surface area contributed by atoms with Crippen molar-refractivity contribution >= 4 is 166 Å². The minimum Gasteiger partial charge on any atom is -0.507 e. The smallest absolute Gasteiger partial charge is 0.323 e. The van der Waals surface area contributed by atoms with Crippen molar-refractivity contribution in [1.82, 2.24) is 51.5 Å². The number of aromatic nitrogens is 4. The highest BCUT2D eigenvalue weighted by atomic mass is 127. The van der Waals surface area contributed by atoms with Gasteiger partial charge in [-0.25, -0.2) is 9.59 Å². The molecule has 5 aliphatic rings. The first-order valence-electron chi connectivity index (χ1n) is 33.3. The van der Waals surface area contributed by atoms with Gasteiger partial charge in [-0.1, -0.05) is 18.1 Å². The largest absolute Gasteiger partial charge is 0.507 e. The Morgan fingerprint density at radius 1 is 0.598 bits per heavy atom. The molecule has 2 atom stereocenters. The fourth-order valence-electron chi connectivity index (χ4n) is 11.8. The van der Waals surface area contributed by atoms with Crippen LogP contribution in [0, 0.1) is 38.0 Å². The number of ether oxygens (including phenoxy) is 5. The number of allylic oxidation sites excluding steroid dienone is 1. The number of aromatic hydroxyl groups is 1. The number of nitrogens with one attached hydrogen (secondary N) is 6. The van der Waals surface area contributed by atoms with Crippen molar-refractivity contribution in [3.63, 3.8) is 0 Å². The van der Waals surface area contributed by atoms with E-state index in [0.29, 0.717) is 70.7 Å². The Morgan fingerprint density at radius 3 is 1.56 bits per heavy atom. The number of carbonyl (C=O) groups excluding carboxylic acids is 8. The van der Waals surface area contributed by atoms with Crippen LogP contribution >= 0.6 is 90.4 Å². The van der Waals surface area contributed by atoms with Gasteiger partial charge >= 0.3 is 12.1 Å². The van der Waals surface area contributed by atoms with Gasteiger partial charge in [0.2, 0.25) is 0 Å². The number of Topliss-reactive ketones (excluding diaryl/α,β-unsaturated/α-hetero) is 2. The van der Waals surface area contributed by atoms with Crippen LogP contribution in [0.2, 0.25) is 0 Å². The number of halogens is 4. The van der Waals surface area contributed by atoms with Gasteiger partial charge in [-0.15, -0.1) is 6.42 Å². The van der Waals surface area contributed by atoms with E-state index in [2.05, 4.69) is 143 Å². The number of nitriles is 1. The fraction of sp³-hybridized carbons (Fsp3) is 0.179. The van der Waals surface area contributed by atoms with E-state index in [1.807, 2.05) is 66.7 Å². The number of rotatable bonds is 16. The summed E-state index contributed by atoms with van der Waals surface area (Å²) in [6.45, 7) is 2.44. The van der Waals surface area contributed by atoms with Gasteiger partial charge in [0.05, 0.1) is 99.1 Å². The number of anilines is 2. The number of terminal acetylenes is 1. The van der Waals surface area contributed by atoms with Crippen LogP contribution in [-0.4, -0.2) is 149 Å². The monoisotopic (exact) mass is 1960 g/mol. The zero-order valence-corrected chi connectivity index (χ0v) is 69.0. The predicted octanol–water partition coefficient (Wildman–Crippen LogP) is 10.8. The number of nitrogens with zero attached hydrogens (tertiary/aromatic N) is 6. The number of phenolic OH excluding ortho intramolecular Hbond substituents is 1. The molecule has 0 aliphatic carbocycles. The molecule has 574 valence electrons. The number of urea groups is 2. The molecule has 7 aromatic carbocycles. The molecule has 34 heteroatoms. The summed E-state index contributed by atoms with van der Waals surface area (Å²) in [6, 6.07) is 43.5. The van der Waals surface area contributed by atoms with Crippen molar-refractivity contribution in [2.75, 3.05) is 66.7 Å². The van der Waals surface area contributed by atoms with Crippen molar-refractivity contribution in [2.24, 2.45) is 10.7 Å². The third-order valence-electron chi connectivity index (χ3n) is 17.6. The molecule has 0 radical (unpaired) electrons. The Bertz CT molecular complexity index is 5530. The van der Waals surface area contributed by atoms with Gasteiger partial charge in [0.15, 0.2) is 22.6 Å². The highest BCUT2D eigenvalue weighted by molar-refractivity contribution is 14.1. The normalized spacial score (nSPS) is 16.0. The Kier molecular flexibility index (Phi) is 26.9. The molecule has 0 saturated carbocycles. The summed E-state index contributed by atoms with van der Waals surface area (Å²) in [5.74, 6) is 5.52. The van der Waals surface area contributed by atoms with Crippen LogP contribution in [0.3, 0.4) is 0 Å². The number of furan rings is 1. The number of methoxy groups -OCH3 is 5. The van der Waals surface area contributed by atoms with Crippen LogP contribution in [-0.2, 0) is 28.2 Å². The van der Waals surface area contributed by atoms with Gasteiger partial charge in [0, 0.05) is 75.2 Å². The number of phenols is 1. The molecular weight excluding hydrogens is 1890 g/mol. The first-order chi connectivity index (χ1) is 53.5. The minimum atomic E-state index is -1.58. The summed E-state index contributed by atoms with van der Waals surface area (Å²) in [4.78, 5) is 104. The van der Waals surface area contributed by atoms with Crippen molar-refractivity contribution in [2.45, 2.75) is 37.5 Å². The Balaban J connectivity index is 0.000000150. The summed E-state index contributed by atoms with van der Waals surface area (Å²) in [5, 5.41) is 41.3. The van der Waals surface area contributed by atoms with Crippen molar-refractivity contribution < 1.29 is 71.6 Å². The van der Waals surface area contributed by atoms with Crippen LogP contribution < -0.4 is 62.2 Å². The molecule has 15 rings (SSSR count). The van der Waals surface area contributed by atoms with Gasteiger partial charge in [-0.05, 0) is 236 Å². The number of amides is 8. The van der Waals surface area contributed by atoms with Gasteiger partial charge < -0.3 is 70.8 Å². The zero-order chi connectivity index (χ0) is 80.9. The van der Waals surface area contributed by atoms with Gasteiger partial charge in [0.25, 0.3) is 23.6 Å². The molecule has 0 unspecified atom stereocenters. The number of hydrogen-bond acceptors (Lipinski definition) is 22. The zero-order valence-electron chi connectivity index (χ0n) is 60.3. The third-order valence-corrected chi connectivity index (χ3v) is 20.9. The average Bonchev–Trinajstić information content (AvgIpc) is 1.80. The number of hydrogen-bond donors (Lipinski definition) is 10. The highest BCUT2D eigenvalue weighted by Gasteiger charge is 2.53. The van der Waals surface area contributed by atoms with E-state index in [1.165, 1.54) is 24.0 Å². The molecule has 8 heterocycles. The maximum atomic E-state index is 13.2. The lowest BCUT2D eigenvalue weighted by Gasteiger charge is -2.29. The van der Waals surface area contributed by atoms with Crippen LogP contribution in [0.25, 0.3) is 33.5 Å². The molecule has 0 bridgehead atoms. The summed E-state index contributed by atoms with van der Waals surface area (Å²) < 4.78 is 35.4. The third kappa shape index (κ3) is 19.2. The SMILES string of the molecule is C#C[C@]1(CN2Cc3ccc(OC)cc3C2=O)NC(=O)NC1=O.COc1ccc(-c2cc(N)n[nH]2)cc1I.COc1ccc(C(=O)CC#N)cc1I.COc1ccc(C(C)=O)cc1I.COc1ccc2c(c1)C(=O)N(C[C@@]1(c3cc4cc(C5=NCC(N)=C5)ccc4o3)NC(=O)NC1=O)C2.Nc1cc(-c2ccc(O)c(I)c2)[nH]n1. The van der Waals surface area contributed by atoms with E-state index < -0.39 is 35.0 Å². The summed E-state index contributed by atoms with van der Waals surface area (Å²) in [5.41, 5.74) is 24.3. The summed E-state index contributed by atoms with van der Waals surface area (Å²) in [7, 11) is 7.90. The first kappa shape index (κ1) is 82.7. The van der Waals surface area contributed by atoms with Gasteiger partial charge in [-0.3, -0.25) is 54.6 Å². The first-order valence-corrected chi connectivity index (χ1v) is 37.6. The number of H-pyrrole nitrogens is 2. The number of nitrogens with two attached hydrogens (primary N) is 3. The lowest BCUT2D eigenvalue weighted by Crippen LogP contribution is -2.54. The molecule has 8 amide bonds. The quantitative estimate of drug-likeness (QED) is 0.0186. The Morgan fingerprint density at radius 2 is 1.11 bits per heavy atom. The number of aliphatic imine (C=N–C) groups is 1. The lowest BCUT2D eigenvalue weighted by molar-refractivity contribution is -0.125. The number of aromatic amines is 2. The topological polar surface area (TPSA) is 442 Å². The number of fused-ring (bicyclic) bond motifs is 3. The molecule has 5 aliphatic heterocycles. The predicted molar refractivity (Wildman–Crippen MR) is 448 cm³/mol. The second-order valence-corrected chi connectivity index (χ2v) is 29.5. The van der Waals surface area contributed by atoms with E-state index in [9.17, 15) is 43.5 Å². The molecule has 10 aromatic rings. The molecule has 13 N–H and O–H groups in total. The van der Waals surface area contributed by atoms with Gasteiger partial charge in [-0.2, -0.15) is 15.5 Å². The highest BCUT2D eigenvalue weighted by Crippen LogP contribution is 2.37. The minimum absolute atomic E-state index is 0.0792. The van der Waals surface area contributed by atoms with E-state index in [1.54, 1.807) is 119 Å². The van der Waals surface area contributed by atoms with Crippen molar-refractivity contribution in [3.8, 4) is 75.4 Å². The van der Waals surface area contributed by atoms with Crippen molar-refractivity contribution in [3.05, 3.63) is 216 Å². The summed E-state index contributed by atoms with van der Waals surface area (Å²) in [6.07, 6.45) is 7.15. The van der Waals surface area contributed by atoms with Gasteiger partial charge in [0.1, 0.15) is 57.5 Å². The molecular formula is C78H69I4N15O15. The Hall–Kier alpha value is -11.8. The maximum Gasteiger partial charge on any atom is 0.323 e. The number of carbonyl (C=O) groups is 8. The molecule has 2 fully saturated rings.